The van der Waals surface area contributed by atoms with E-state index < -0.39 is 11.9 Å². The van der Waals surface area contributed by atoms with Gasteiger partial charge in [-0.2, -0.15) is 0 Å². The average Bonchev–Trinajstić information content (AvgIpc) is 3.20. The van der Waals surface area contributed by atoms with E-state index in [4.69, 9.17) is 5.41 Å². The Morgan fingerprint density at radius 1 is 1.21 bits per heavy atom. The van der Waals surface area contributed by atoms with Crippen LogP contribution in [0.25, 0.3) is 0 Å². The maximum absolute atomic E-state index is 12.7. The summed E-state index contributed by atoms with van der Waals surface area (Å²) >= 11 is 0. The monoisotopic (exact) mass is 392 g/mol. The summed E-state index contributed by atoms with van der Waals surface area (Å²) in [6.45, 7) is 2.71. The van der Waals surface area contributed by atoms with Crippen LogP contribution >= 0.6 is 0 Å². The number of aliphatic hydroxyl groups excluding tert-OH is 2. The smallest absolute Gasteiger partial charge is 0.250 e. The molecule has 152 valence electrons. The lowest BCUT2D eigenvalue weighted by Crippen LogP contribution is -2.36. The van der Waals surface area contributed by atoms with E-state index in [0.717, 1.165) is 25.3 Å². The molecule has 1 unspecified atom stereocenters. The average molecular weight is 392 g/mol. The maximum Gasteiger partial charge on any atom is 0.250 e. The van der Waals surface area contributed by atoms with Crippen molar-refractivity contribution in [2.45, 2.75) is 44.2 Å². The molecule has 2 aromatic rings. The van der Waals surface area contributed by atoms with Gasteiger partial charge in [-0.15, -0.1) is 0 Å². The van der Waals surface area contributed by atoms with Gasteiger partial charge in [0.2, 0.25) is 5.91 Å². The van der Waals surface area contributed by atoms with Gasteiger partial charge in [-0.3, -0.25) is 4.79 Å². The zero-order valence-electron chi connectivity index (χ0n) is 16.7. The van der Waals surface area contributed by atoms with E-state index in [2.05, 4.69) is 43.3 Å². The van der Waals surface area contributed by atoms with Crippen molar-refractivity contribution in [1.29, 1.82) is 5.41 Å². The van der Waals surface area contributed by atoms with Gasteiger partial charge >= 0.3 is 0 Å². The quantitative estimate of drug-likeness (QED) is 0.379. The Hall–Kier alpha value is -2.92. The fourth-order valence-corrected chi connectivity index (χ4v) is 4.06. The molecule has 3 atom stereocenters. The fraction of sp³-hybridized carbons (Fsp3) is 0.333. The summed E-state index contributed by atoms with van der Waals surface area (Å²) in [5.74, 6) is -0.643. The topological polar surface area (TPSA) is 84.6 Å². The number of aliphatic hydroxyl groups is 2. The van der Waals surface area contributed by atoms with Crippen LogP contribution in [0.2, 0.25) is 0 Å². The van der Waals surface area contributed by atoms with E-state index in [1.54, 1.807) is 4.90 Å². The molecular weight excluding hydrogens is 364 g/mol. The molecule has 0 aromatic heterocycles. The summed E-state index contributed by atoms with van der Waals surface area (Å²) in [7, 11) is 0. The Morgan fingerprint density at radius 2 is 1.93 bits per heavy atom. The molecule has 1 heterocycles. The van der Waals surface area contributed by atoms with E-state index in [9.17, 15) is 15.0 Å². The first-order valence-electron chi connectivity index (χ1n) is 10.0. The Morgan fingerprint density at radius 3 is 2.62 bits per heavy atom. The first kappa shape index (κ1) is 20.8. The molecule has 1 aliphatic heterocycles. The maximum atomic E-state index is 12.7. The van der Waals surface area contributed by atoms with Gasteiger partial charge in [-0.25, -0.2) is 0 Å². The minimum atomic E-state index is -1.44. The second-order valence-electron chi connectivity index (χ2n) is 7.62. The molecule has 0 saturated carbocycles. The van der Waals surface area contributed by atoms with Crippen molar-refractivity contribution >= 4 is 12.1 Å². The van der Waals surface area contributed by atoms with Crippen LogP contribution in [-0.2, 0) is 4.79 Å². The van der Waals surface area contributed by atoms with Crippen molar-refractivity contribution in [2.24, 2.45) is 0 Å². The van der Waals surface area contributed by atoms with Crippen LogP contribution in [0.1, 0.15) is 41.9 Å². The van der Waals surface area contributed by atoms with Crippen molar-refractivity contribution in [3.63, 3.8) is 0 Å². The number of carbonyl (C=O) groups excluding carboxylic acids is 1. The van der Waals surface area contributed by atoms with Gasteiger partial charge in [0.25, 0.3) is 0 Å². The lowest BCUT2D eigenvalue weighted by Gasteiger charge is -2.28. The van der Waals surface area contributed by atoms with Crippen molar-refractivity contribution in [2.75, 3.05) is 6.54 Å². The molecule has 1 saturated heterocycles. The van der Waals surface area contributed by atoms with E-state index in [0.29, 0.717) is 12.8 Å². The number of aryl methyl sites for hydroxylation is 1. The third-order valence-electron chi connectivity index (χ3n) is 5.55. The van der Waals surface area contributed by atoms with Crippen molar-refractivity contribution in [3.8, 4) is 0 Å². The van der Waals surface area contributed by atoms with E-state index >= 15 is 0 Å². The van der Waals surface area contributed by atoms with Crippen LogP contribution in [0, 0.1) is 12.3 Å². The highest BCUT2D eigenvalue weighted by molar-refractivity contribution is 5.89. The van der Waals surface area contributed by atoms with Crippen molar-refractivity contribution in [1.82, 2.24) is 4.90 Å². The zero-order valence-corrected chi connectivity index (χ0v) is 16.7. The first-order chi connectivity index (χ1) is 14.0. The van der Waals surface area contributed by atoms with Crippen molar-refractivity contribution in [3.05, 3.63) is 83.1 Å². The largest absolute Gasteiger partial charge is 0.509 e. The van der Waals surface area contributed by atoms with Crippen LogP contribution in [0.15, 0.2) is 66.4 Å². The second kappa shape index (κ2) is 9.52. The van der Waals surface area contributed by atoms with Gasteiger partial charge < -0.3 is 20.5 Å². The summed E-state index contributed by atoms with van der Waals surface area (Å²) in [6, 6.07) is 18.9. The predicted octanol–water partition coefficient (Wildman–Crippen LogP) is 3.96. The molecule has 3 rings (SSSR count). The SMILES string of the molecule is Cc1cccc([C@H](C[C@H]2CCCN2C(=O)/C=C(\O)C(O)C=N)c2ccccc2)c1. The molecule has 0 bridgehead atoms. The number of carbonyl (C=O) groups is 1. The van der Waals surface area contributed by atoms with Gasteiger partial charge in [0, 0.05) is 30.8 Å². The first-order valence-corrected chi connectivity index (χ1v) is 10.0. The summed E-state index contributed by atoms with van der Waals surface area (Å²) in [5.41, 5.74) is 3.65. The number of rotatable bonds is 7. The molecule has 0 radical (unpaired) electrons. The molecule has 29 heavy (non-hydrogen) atoms. The lowest BCUT2D eigenvalue weighted by molar-refractivity contribution is -0.127. The molecule has 0 aliphatic carbocycles. The summed E-state index contributed by atoms with van der Waals surface area (Å²) < 4.78 is 0. The van der Waals surface area contributed by atoms with Gasteiger partial charge in [-0.1, -0.05) is 60.2 Å². The molecule has 3 N–H and O–H groups in total. The molecule has 1 fully saturated rings. The minimum Gasteiger partial charge on any atom is -0.509 e. The molecule has 1 aliphatic rings. The number of amides is 1. The van der Waals surface area contributed by atoms with Gasteiger partial charge in [0.1, 0.15) is 11.9 Å². The van der Waals surface area contributed by atoms with Gasteiger partial charge in [-0.05, 0) is 37.3 Å². The predicted molar refractivity (Wildman–Crippen MR) is 114 cm³/mol. The van der Waals surface area contributed by atoms with Crippen molar-refractivity contribution < 1.29 is 15.0 Å². The Kier molecular flexibility index (Phi) is 6.83. The second-order valence-corrected chi connectivity index (χ2v) is 7.62. The van der Waals surface area contributed by atoms with Crippen LogP contribution < -0.4 is 0 Å². The number of nitrogens with one attached hydrogen (secondary N) is 1. The van der Waals surface area contributed by atoms with E-state index in [1.165, 1.54) is 16.7 Å². The Bertz CT molecular complexity index is 879. The fourth-order valence-electron chi connectivity index (χ4n) is 4.06. The number of nitrogens with zero attached hydrogens (tertiary/aromatic N) is 1. The highest BCUT2D eigenvalue weighted by atomic mass is 16.3. The zero-order chi connectivity index (χ0) is 20.8. The van der Waals surface area contributed by atoms with Crippen LogP contribution in [0.5, 0.6) is 0 Å². The molecule has 0 spiro atoms. The standard InChI is InChI=1S/C24H28N2O3/c1-17-7-5-10-19(13-17)21(18-8-3-2-4-9-18)14-20-11-6-12-26(20)24(29)15-22(27)23(28)16-25/h2-5,7-10,13,15-16,20-21,23,25,27-28H,6,11-12,14H2,1H3/b22-15-,25-16?/t20-,21-,23?/m1/s1. The van der Waals surface area contributed by atoms with Crippen LogP contribution in [0.4, 0.5) is 0 Å². The number of likely N-dealkylation sites (tertiary alicyclic amines) is 1. The van der Waals surface area contributed by atoms with E-state index in [-0.39, 0.29) is 17.9 Å². The summed E-state index contributed by atoms with van der Waals surface area (Å²) in [4.78, 5) is 14.5. The van der Waals surface area contributed by atoms with Gasteiger partial charge in [0.05, 0.1) is 0 Å². The molecule has 5 heteroatoms. The Labute approximate surface area is 171 Å². The molecule has 5 nitrogen and oxygen atoms in total. The summed E-state index contributed by atoms with van der Waals surface area (Å²) in [5, 5.41) is 26.4. The normalized spacial score (nSPS) is 19.0. The summed E-state index contributed by atoms with van der Waals surface area (Å²) in [6.07, 6.45) is 2.91. The number of hydrogen-bond donors (Lipinski definition) is 3. The molecule has 1 amide bonds. The third-order valence-corrected chi connectivity index (χ3v) is 5.55. The molecule has 2 aromatic carbocycles. The highest BCUT2D eigenvalue weighted by Gasteiger charge is 2.31. The van der Waals surface area contributed by atoms with Crippen LogP contribution in [-0.4, -0.2) is 45.9 Å². The highest BCUT2D eigenvalue weighted by Crippen LogP contribution is 2.34. The minimum absolute atomic E-state index is 0.0504. The number of hydrogen-bond acceptors (Lipinski definition) is 4. The molecular formula is C24H28N2O3. The van der Waals surface area contributed by atoms with Gasteiger partial charge in [0.15, 0.2) is 0 Å². The van der Waals surface area contributed by atoms with E-state index in [1.807, 2.05) is 18.2 Å². The third kappa shape index (κ3) is 5.12. The lowest BCUT2D eigenvalue weighted by atomic mass is 9.85. The Balaban J connectivity index is 1.85. The number of benzene rings is 2. The van der Waals surface area contributed by atoms with Crippen LogP contribution in [0.3, 0.4) is 0 Å².